The third-order valence-electron chi connectivity index (χ3n) is 3.11. The van der Waals surface area contributed by atoms with Crippen LogP contribution >= 0.6 is 23.2 Å². The summed E-state index contributed by atoms with van der Waals surface area (Å²) in [6, 6.07) is 5.96. The van der Waals surface area contributed by atoms with Crippen LogP contribution < -0.4 is 0 Å². The molecular formula is C12H15Cl2NO. The van der Waals surface area contributed by atoms with E-state index < -0.39 is 0 Å². The second kappa shape index (κ2) is 5.37. The molecule has 1 heterocycles. The van der Waals surface area contributed by atoms with Gasteiger partial charge >= 0.3 is 0 Å². The van der Waals surface area contributed by atoms with Gasteiger partial charge in [-0.2, -0.15) is 0 Å². The standard InChI is InChI=1S/C12H15Cl2NO/c13-11-5-1-3-9(12(11)14)7-15-6-2-4-10(15)8-16/h1,3,5,10,16H,2,4,6-8H2. The fourth-order valence-electron chi connectivity index (χ4n) is 2.20. The molecule has 1 aliphatic rings. The molecule has 0 spiro atoms. The molecule has 4 heteroatoms. The highest BCUT2D eigenvalue weighted by atomic mass is 35.5. The van der Waals surface area contributed by atoms with Gasteiger partial charge in [0.2, 0.25) is 0 Å². The van der Waals surface area contributed by atoms with Crippen molar-refractivity contribution in [2.45, 2.75) is 25.4 Å². The Morgan fingerprint density at radius 3 is 2.94 bits per heavy atom. The second-order valence-corrected chi connectivity index (χ2v) is 4.95. The van der Waals surface area contributed by atoms with Gasteiger partial charge < -0.3 is 5.11 Å². The molecule has 0 radical (unpaired) electrons. The van der Waals surface area contributed by atoms with E-state index in [4.69, 9.17) is 23.2 Å². The van der Waals surface area contributed by atoms with Gasteiger partial charge in [0.05, 0.1) is 16.7 Å². The first-order chi connectivity index (χ1) is 7.72. The number of aliphatic hydroxyl groups is 1. The summed E-state index contributed by atoms with van der Waals surface area (Å²) >= 11 is 12.1. The Bertz CT molecular complexity index is 370. The van der Waals surface area contributed by atoms with E-state index in [0.29, 0.717) is 10.0 Å². The van der Waals surface area contributed by atoms with Crippen molar-refractivity contribution in [1.29, 1.82) is 0 Å². The molecule has 1 aliphatic heterocycles. The third kappa shape index (κ3) is 2.51. The summed E-state index contributed by atoms with van der Waals surface area (Å²) in [5, 5.41) is 10.5. The average molecular weight is 260 g/mol. The summed E-state index contributed by atoms with van der Waals surface area (Å²) in [7, 11) is 0. The van der Waals surface area contributed by atoms with E-state index in [1.807, 2.05) is 12.1 Å². The molecule has 1 fully saturated rings. The van der Waals surface area contributed by atoms with E-state index in [2.05, 4.69) is 4.90 Å². The molecule has 0 aromatic heterocycles. The highest BCUT2D eigenvalue weighted by Gasteiger charge is 2.24. The Hall–Kier alpha value is -0.280. The van der Waals surface area contributed by atoms with Gasteiger partial charge in [-0.25, -0.2) is 0 Å². The van der Waals surface area contributed by atoms with Crippen LogP contribution in [-0.4, -0.2) is 29.2 Å². The molecule has 0 bridgehead atoms. The van der Waals surface area contributed by atoms with Crippen molar-refractivity contribution in [2.75, 3.05) is 13.2 Å². The summed E-state index contributed by atoms with van der Waals surface area (Å²) in [5.41, 5.74) is 1.04. The van der Waals surface area contributed by atoms with Gasteiger partial charge in [-0.1, -0.05) is 35.3 Å². The van der Waals surface area contributed by atoms with E-state index in [1.54, 1.807) is 6.07 Å². The number of aliphatic hydroxyl groups excluding tert-OH is 1. The molecule has 2 nitrogen and oxygen atoms in total. The Kier molecular flexibility index (Phi) is 4.09. The lowest BCUT2D eigenvalue weighted by Crippen LogP contribution is -2.31. The lowest BCUT2D eigenvalue weighted by atomic mass is 10.2. The Balaban J connectivity index is 2.11. The number of likely N-dealkylation sites (tertiary alicyclic amines) is 1. The highest BCUT2D eigenvalue weighted by molar-refractivity contribution is 6.42. The zero-order chi connectivity index (χ0) is 11.5. The fourth-order valence-corrected chi connectivity index (χ4v) is 2.58. The molecule has 1 saturated heterocycles. The van der Waals surface area contributed by atoms with Crippen LogP contribution in [0.25, 0.3) is 0 Å². The van der Waals surface area contributed by atoms with Gasteiger partial charge in [0.25, 0.3) is 0 Å². The van der Waals surface area contributed by atoms with Crippen molar-refractivity contribution >= 4 is 23.2 Å². The summed E-state index contributed by atoms with van der Waals surface area (Å²) < 4.78 is 0. The van der Waals surface area contributed by atoms with Crippen molar-refractivity contribution < 1.29 is 5.11 Å². The van der Waals surface area contributed by atoms with Crippen molar-refractivity contribution in [3.63, 3.8) is 0 Å². The molecular weight excluding hydrogens is 245 g/mol. The van der Waals surface area contributed by atoms with E-state index in [1.165, 1.54) is 0 Å². The molecule has 1 aromatic rings. The summed E-state index contributed by atoms with van der Waals surface area (Å²) in [4.78, 5) is 2.26. The SMILES string of the molecule is OCC1CCCN1Cc1cccc(Cl)c1Cl. The van der Waals surface area contributed by atoms with Gasteiger partial charge in [0.1, 0.15) is 0 Å². The number of nitrogens with zero attached hydrogens (tertiary/aromatic N) is 1. The van der Waals surface area contributed by atoms with Gasteiger partial charge in [-0.05, 0) is 31.0 Å². The maximum Gasteiger partial charge on any atom is 0.0637 e. The Morgan fingerprint density at radius 1 is 1.38 bits per heavy atom. The predicted molar refractivity (Wildman–Crippen MR) is 67.0 cm³/mol. The summed E-state index contributed by atoms with van der Waals surface area (Å²) in [5.74, 6) is 0. The van der Waals surface area contributed by atoms with Crippen molar-refractivity contribution in [1.82, 2.24) is 4.90 Å². The van der Waals surface area contributed by atoms with E-state index in [0.717, 1.165) is 31.5 Å². The van der Waals surface area contributed by atoms with Crippen molar-refractivity contribution in [3.8, 4) is 0 Å². The minimum atomic E-state index is 0.220. The Labute approximate surface area is 106 Å². The molecule has 1 unspecified atom stereocenters. The fraction of sp³-hybridized carbons (Fsp3) is 0.500. The number of rotatable bonds is 3. The molecule has 1 N–H and O–H groups in total. The first-order valence-electron chi connectivity index (χ1n) is 5.50. The van der Waals surface area contributed by atoms with Crippen LogP contribution in [0.5, 0.6) is 0 Å². The van der Waals surface area contributed by atoms with Crippen molar-refractivity contribution in [3.05, 3.63) is 33.8 Å². The van der Waals surface area contributed by atoms with Gasteiger partial charge in [-0.15, -0.1) is 0 Å². The van der Waals surface area contributed by atoms with Crippen LogP contribution in [0.3, 0.4) is 0 Å². The summed E-state index contributed by atoms with van der Waals surface area (Å²) in [6.45, 7) is 2.01. The lowest BCUT2D eigenvalue weighted by Gasteiger charge is -2.23. The smallest absolute Gasteiger partial charge is 0.0637 e. The summed E-state index contributed by atoms with van der Waals surface area (Å²) in [6.07, 6.45) is 2.21. The third-order valence-corrected chi connectivity index (χ3v) is 3.97. The highest BCUT2D eigenvalue weighted by Crippen LogP contribution is 2.28. The predicted octanol–water partition coefficient (Wildman–Crippen LogP) is 2.95. The van der Waals surface area contributed by atoms with Crippen LogP contribution in [-0.2, 0) is 6.54 Å². The number of hydrogen-bond donors (Lipinski definition) is 1. The second-order valence-electron chi connectivity index (χ2n) is 4.16. The van der Waals surface area contributed by atoms with Crippen LogP contribution in [0.15, 0.2) is 18.2 Å². The van der Waals surface area contributed by atoms with E-state index >= 15 is 0 Å². The van der Waals surface area contributed by atoms with E-state index in [-0.39, 0.29) is 12.6 Å². The topological polar surface area (TPSA) is 23.5 Å². The first-order valence-corrected chi connectivity index (χ1v) is 6.25. The zero-order valence-electron chi connectivity index (χ0n) is 9.00. The average Bonchev–Trinajstić information content (AvgIpc) is 2.72. The van der Waals surface area contributed by atoms with Gasteiger partial charge in [0, 0.05) is 12.6 Å². The molecule has 0 saturated carbocycles. The molecule has 88 valence electrons. The van der Waals surface area contributed by atoms with Crippen molar-refractivity contribution in [2.24, 2.45) is 0 Å². The normalized spacial score (nSPS) is 21.6. The number of hydrogen-bond acceptors (Lipinski definition) is 2. The lowest BCUT2D eigenvalue weighted by molar-refractivity contribution is 0.153. The first kappa shape index (κ1) is 12.2. The van der Waals surface area contributed by atoms with Crippen LogP contribution in [0.1, 0.15) is 18.4 Å². The quantitative estimate of drug-likeness (QED) is 0.903. The van der Waals surface area contributed by atoms with E-state index in [9.17, 15) is 5.11 Å². The molecule has 0 aliphatic carbocycles. The molecule has 2 rings (SSSR count). The maximum absolute atomic E-state index is 9.24. The zero-order valence-corrected chi connectivity index (χ0v) is 10.5. The minimum Gasteiger partial charge on any atom is -0.395 e. The largest absolute Gasteiger partial charge is 0.395 e. The Morgan fingerprint density at radius 2 is 2.19 bits per heavy atom. The van der Waals surface area contributed by atoms with Crippen LogP contribution in [0, 0.1) is 0 Å². The van der Waals surface area contributed by atoms with Crippen LogP contribution in [0.4, 0.5) is 0 Å². The van der Waals surface area contributed by atoms with Crippen LogP contribution in [0.2, 0.25) is 10.0 Å². The monoisotopic (exact) mass is 259 g/mol. The van der Waals surface area contributed by atoms with Gasteiger partial charge in [0.15, 0.2) is 0 Å². The van der Waals surface area contributed by atoms with Gasteiger partial charge in [-0.3, -0.25) is 4.90 Å². The number of benzene rings is 1. The number of halogens is 2. The maximum atomic E-state index is 9.24. The molecule has 1 atom stereocenters. The minimum absolute atomic E-state index is 0.220. The molecule has 1 aromatic carbocycles. The molecule has 0 amide bonds. The molecule has 16 heavy (non-hydrogen) atoms.